The van der Waals surface area contributed by atoms with Gasteiger partial charge in [0.15, 0.2) is 0 Å². The second-order valence-corrected chi connectivity index (χ2v) is 14.7. The maximum absolute atomic E-state index is 13.9. The fraction of sp³-hybridized carbons (Fsp3) is 0.500. The second kappa shape index (κ2) is 17.6. The van der Waals surface area contributed by atoms with Gasteiger partial charge in [0.25, 0.3) is 0 Å². The van der Waals surface area contributed by atoms with Gasteiger partial charge in [-0.25, -0.2) is 17.5 Å². The number of hydrogen-bond acceptors (Lipinski definition) is 11. The maximum Gasteiger partial charge on any atom is 0.315 e. The molecule has 2 unspecified atom stereocenters. The minimum atomic E-state index is -4.83. The molecule has 2 fully saturated rings. The lowest BCUT2D eigenvalue weighted by Crippen LogP contribution is -2.56. The van der Waals surface area contributed by atoms with Gasteiger partial charge in [-0.3, -0.25) is 4.98 Å². The smallest absolute Gasteiger partial charge is 0.315 e. The summed E-state index contributed by atoms with van der Waals surface area (Å²) in [5, 5.41) is 51.8. The molecule has 0 bridgehead atoms. The van der Waals surface area contributed by atoms with Gasteiger partial charge in [-0.15, -0.1) is 0 Å². The minimum Gasteiger partial charge on any atom is -0.490 e. The van der Waals surface area contributed by atoms with Crippen LogP contribution in [-0.2, 0) is 26.9 Å². The minimum absolute atomic E-state index is 0.0183. The molecule has 2 aliphatic carbocycles. The van der Waals surface area contributed by atoms with E-state index in [4.69, 9.17) is 37.1 Å². The van der Waals surface area contributed by atoms with Crippen molar-refractivity contribution in [3.63, 3.8) is 0 Å². The van der Waals surface area contributed by atoms with E-state index in [1.54, 1.807) is 24.3 Å². The number of ether oxygens (including phenoxy) is 2. The SMILES string of the molecule is [2H]c1c([2H])c(S(=O)(=O)N(C)CCCCNC(=O)N[C@@H](CO)[C@@H](O)[C@H](O)[C@H](O)CO)c([2H])c(C([2H])([2H])OC2(c3cnccc3-c3ccccc3OC3CC3)C([2H])C2([2H])[2H])c1Cl. The van der Waals surface area contributed by atoms with Crippen molar-refractivity contribution in [2.75, 3.05) is 33.4 Å². The van der Waals surface area contributed by atoms with Crippen LogP contribution in [0.25, 0.3) is 11.1 Å². The molecule has 16 heteroatoms. The van der Waals surface area contributed by atoms with Crippen molar-refractivity contribution < 1.29 is 59.2 Å². The zero-order chi connectivity index (χ0) is 44.5. The summed E-state index contributed by atoms with van der Waals surface area (Å²) in [5.74, 6) is 0.456. The van der Waals surface area contributed by atoms with E-state index in [2.05, 4.69) is 15.6 Å². The number of nitrogens with one attached hydrogen (secondary N) is 2. The van der Waals surface area contributed by atoms with Crippen LogP contribution in [0.4, 0.5) is 4.79 Å². The van der Waals surface area contributed by atoms with E-state index in [1.807, 2.05) is 0 Å². The Hall–Kier alpha value is -3.38. The Labute approximate surface area is 319 Å². The Kier molecular flexibility index (Phi) is 10.2. The van der Waals surface area contributed by atoms with Crippen LogP contribution in [0.3, 0.4) is 0 Å². The number of aliphatic hydroxyl groups excluding tert-OH is 5. The molecular weight excluding hydrogens is 716 g/mol. The fourth-order valence-corrected chi connectivity index (χ4v) is 6.32. The molecule has 284 valence electrons. The Bertz CT molecular complexity index is 2160. The van der Waals surface area contributed by atoms with Gasteiger partial charge < -0.3 is 45.6 Å². The lowest BCUT2D eigenvalue weighted by atomic mass is 9.96. The molecular formula is C36H47ClN4O10S. The highest BCUT2D eigenvalue weighted by atomic mass is 35.5. The number of nitrogens with zero attached hydrogens (tertiary/aromatic N) is 2. The van der Waals surface area contributed by atoms with Crippen molar-refractivity contribution in [2.45, 2.75) is 86.0 Å². The lowest BCUT2D eigenvalue weighted by molar-refractivity contribution is -0.0902. The number of benzene rings is 2. The zero-order valence-corrected chi connectivity index (χ0v) is 29.7. The molecule has 7 N–H and O–H groups in total. The average molecular weight is 771 g/mol. The molecule has 3 aromatic rings. The van der Waals surface area contributed by atoms with Crippen LogP contribution in [0.1, 0.15) is 60.5 Å². The Balaban J connectivity index is 1.36. The van der Waals surface area contributed by atoms with Crippen molar-refractivity contribution in [3.8, 4) is 16.9 Å². The van der Waals surface area contributed by atoms with Gasteiger partial charge in [-0.2, -0.15) is 0 Å². The highest BCUT2D eigenvalue weighted by Crippen LogP contribution is 2.53. The van der Waals surface area contributed by atoms with Crippen molar-refractivity contribution in [2.24, 2.45) is 0 Å². The molecule has 52 heavy (non-hydrogen) atoms. The molecule has 2 aliphatic rings. The van der Waals surface area contributed by atoms with Gasteiger partial charge >= 0.3 is 6.03 Å². The number of urea groups is 1. The largest absolute Gasteiger partial charge is 0.490 e. The normalized spacial score (nSPS) is 24.3. The highest BCUT2D eigenvalue weighted by molar-refractivity contribution is 7.89. The maximum atomic E-state index is 13.9. The molecule has 2 aromatic carbocycles. The number of aromatic nitrogens is 1. The molecule has 0 aliphatic heterocycles. The van der Waals surface area contributed by atoms with Gasteiger partial charge in [0, 0.05) is 52.8 Å². The Morgan fingerprint density at radius 3 is 2.60 bits per heavy atom. The van der Waals surface area contributed by atoms with Crippen LogP contribution < -0.4 is 15.4 Å². The van der Waals surface area contributed by atoms with Gasteiger partial charge in [0.1, 0.15) is 24.1 Å². The Morgan fingerprint density at radius 2 is 1.90 bits per heavy atom. The third kappa shape index (κ3) is 9.78. The number of carbonyl (C=O) groups excluding carboxylic acids is 1. The fourth-order valence-electron chi connectivity index (χ4n) is 5.09. The number of unbranched alkanes of at least 4 members (excludes halogenated alkanes) is 1. The quantitative estimate of drug-likeness (QED) is 0.0829. The average Bonchev–Trinajstić information content (AvgIpc) is 4.10. The summed E-state index contributed by atoms with van der Waals surface area (Å²) in [6.07, 6.45) is -5.23. The molecule has 2 amide bonds. The third-order valence-corrected chi connectivity index (χ3v) is 10.4. The first-order chi connectivity index (χ1) is 28.1. The second-order valence-electron chi connectivity index (χ2n) is 12.3. The number of pyridine rings is 1. The van der Waals surface area contributed by atoms with E-state index in [1.165, 1.54) is 18.5 Å². The summed E-state index contributed by atoms with van der Waals surface area (Å²) in [6.45, 7) is -5.38. The number of sulfonamides is 1. The number of halogens is 1. The van der Waals surface area contributed by atoms with Crippen LogP contribution in [0.5, 0.6) is 5.75 Å². The summed E-state index contributed by atoms with van der Waals surface area (Å²) in [5.41, 5.74) is -2.59. The van der Waals surface area contributed by atoms with E-state index in [0.717, 1.165) is 24.2 Å². The molecule has 1 aromatic heterocycles. The number of para-hydroxylation sites is 1. The highest BCUT2D eigenvalue weighted by Gasteiger charge is 2.48. The van der Waals surface area contributed by atoms with Crippen molar-refractivity contribution in [1.29, 1.82) is 0 Å². The first kappa shape index (κ1) is 30.0. The van der Waals surface area contributed by atoms with Crippen molar-refractivity contribution >= 4 is 27.7 Å². The van der Waals surface area contributed by atoms with Crippen LogP contribution in [0, 0.1) is 0 Å². The van der Waals surface area contributed by atoms with Gasteiger partial charge in [-0.1, -0.05) is 29.8 Å². The van der Waals surface area contributed by atoms with E-state index < -0.39 is 112 Å². The number of rotatable bonds is 20. The van der Waals surface area contributed by atoms with Crippen LogP contribution >= 0.6 is 11.6 Å². The van der Waals surface area contributed by atoms with E-state index in [-0.39, 0.29) is 37.6 Å². The lowest BCUT2D eigenvalue weighted by Gasteiger charge is -2.28. The number of aliphatic hydroxyl groups is 5. The molecule has 5 rings (SSSR count). The molecule has 0 radical (unpaired) electrons. The summed E-state index contributed by atoms with van der Waals surface area (Å²) in [6, 6.07) is 3.03. The molecule has 0 spiro atoms. The molecule has 14 nitrogen and oxygen atoms in total. The topological polar surface area (TPSA) is 211 Å². The first-order valence-corrected chi connectivity index (χ1v) is 18.3. The van der Waals surface area contributed by atoms with Crippen LogP contribution in [0.2, 0.25) is 5.02 Å². The van der Waals surface area contributed by atoms with E-state index in [9.17, 15) is 33.6 Å². The van der Waals surface area contributed by atoms with Crippen molar-refractivity contribution in [3.05, 3.63) is 77.0 Å². The zero-order valence-electron chi connectivity index (χ0n) is 36.1. The third-order valence-electron chi connectivity index (χ3n) is 8.39. The molecule has 1 heterocycles. The van der Waals surface area contributed by atoms with Gasteiger partial charge in [0.2, 0.25) is 10.0 Å². The van der Waals surface area contributed by atoms with E-state index in [0.29, 0.717) is 16.9 Å². The van der Waals surface area contributed by atoms with Crippen LogP contribution in [0.15, 0.2) is 65.7 Å². The standard InChI is InChI=1S/C36H47ClN4O10S/c1-41(17-5-4-15-39-35(47)40-30(20-42)33(45)34(46)31(44)21-43)52(48,49)25-10-11-29(37)23(18-25)22-50-36(13-14-36)28-19-38-16-12-26(28)27-6-2-3-7-32(27)51-24-8-9-24/h2-3,6-7,10-12,16,18-19,24,30-31,33-34,42-46H,4-5,8-9,13-15,17,20-22H2,1H3,(H2,39,40,47)/t30-,31+,33+,34+/m0/s1/i10D,11D,13D,14D2,18D,22D2/t13?,30-,31+,33+,34+,36?. The first-order valence-electron chi connectivity index (χ1n) is 20.6. The summed E-state index contributed by atoms with van der Waals surface area (Å²) < 4.78 is 111. The summed E-state index contributed by atoms with van der Waals surface area (Å²) in [7, 11) is -3.72. The van der Waals surface area contributed by atoms with Gasteiger partial charge in [-0.05, 0) is 79.8 Å². The number of carbonyl (C=O) groups is 1. The Morgan fingerprint density at radius 1 is 1.15 bits per heavy atom. The predicted octanol–water partition coefficient (Wildman–Crippen LogP) is 2.28. The molecule has 6 atom stereocenters. The number of amides is 2. The summed E-state index contributed by atoms with van der Waals surface area (Å²) >= 11 is 6.41. The molecule has 2 saturated carbocycles. The molecule has 0 saturated heterocycles. The monoisotopic (exact) mass is 770 g/mol. The van der Waals surface area contributed by atoms with E-state index >= 15 is 0 Å². The van der Waals surface area contributed by atoms with Gasteiger partial charge in [0.05, 0.1) is 49.3 Å². The summed E-state index contributed by atoms with van der Waals surface area (Å²) in [4.78, 5) is 15.4. The van der Waals surface area contributed by atoms with Crippen molar-refractivity contribution in [1.82, 2.24) is 19.9 Å². The van der Waals surface area contributed by atoms with Crippen LogP contribution in [-0.4, -0.2) is 113 Å². The predicted molar refractivity (Wildman–Crippen MR) is 192 cm³/mol. The number of hydrogen-bond donors (Lipinski definition) is 7.